The predicted octanol–water partition coefficient (Wildman–Crippen LogP) is 0.255. The lowest BCUT2D eigenvalue weighted by Crippen LogP contribution is -2.57. The summed E-state index contributed by atoms with van der Waals surface area (Å²) in [6, 6.07) is 1.91. The maximum atomic E-state index is 12.2. The SMILES string of the molecule is C[C@@H]1CN(C(C)(C)CNc2c(C#N)c(=O)n(C)c(=O)n2C)C[C@@H](C)O1. The van der Waals surface area contributed by atoms with Crippen LogP contribution in [-0.4, -0.2) is 51.4 Å². The third-order valence-corrected chi connectivity index (χ3v) is 4.74. The van der Waals surface area contributed by atoms with Gasteiger partial charge < -0.3 is 10.1 Å². The van der Waals surface area contributed by atoms with Crippen molar-refractivity contribution in [1.29, 1.82) is 5.26 Å². The summed E-state index contributed by atoms with van der Waals surface area (Å²) in [6.07, 6.45) is 0.289. The fourth-order valence-electron chi connectivity index (χ4n) is 3.24. The van der Waals surface area contributed by atoms with Gasteiger partial charge in [0.1, 0.15) is 11.9 Å². The van der Waals surface area contributed by atoms with Gasteiger partial charge in [0, 0.05) is 39.3 Å². The van der Waals surface area contributed by atoms with Crippen molar-refractivity contribution in [3.05, 3.63) is 26.4 Å². The number of rotatable bonds is 4. The molecule has 0 aliphatic carbocycles. The molecule has 25 heavy (non-hydrogen) atoms. The highest BCUT2D eigenvalue weighted by Gasteiger charge is 2.33. The summed E-state index contributed by atoms with van der Waals surface area (Å²) < 4.78 is 8.03. The van der Waals surface area contributed by atoms with Gasteiger partial charge in [-0.05, 0) is 27.7 Å². The first-order valence-corrected chi connectivity index (χ1v) is 8.43. The quantitative estimate of drug-likeness (QED) is 0.838. The molecule has 0 bridgehead atoms. The van der Waals surface area contributed by atoms with Gasteiger partial charge in [-0.15, -0.1) is 0 Å². The predicted molar refractivity (Wildman–Crippen MR) is 95.8 cm³/mol. The van der Waals surface area contributed by atoms with Crippen LogP contribution in [-0.2, 0) is 18.8 Å². The molecule has 1 aromatic rings. The van der Waals surface area contributed by atoms with Crippen LogP contribution in [0.5, 0.6) is 0 Å². The second kappa shape index (κ2) is 7.02. The van der Waals surface area contributed by atoms with Crippen molar-refractivity contribution in [2.24, 2.45) is 14.1 Å². The maximum absolute atomic E-state index is 12.2. The Morgan fingerprint density at radius 3 is 2.28 bits per heavy atom. The molecule has 0 radical (unpaired) electrons. The van der Waals surface area contributed by atoms with Gasteiger partial charge in [-0.1, -0.05) is 0 Å². The van der Waals surface area contributed by atoms with Crippen molar-refractivity contribution in [2.45, 2.75) is 45.4 Å². The van der Waals surface area contributed by atoms with E-state index in [0.29, 0.717) is 6.54 Å². The molecule has 0 saturated carbocycles. The molecule has 8 heteroatoms. The third kappa shape index (κ3) is 3.78. The van der Waals surface area contributed by atoms with Crippen LogP contribution in [0.3, 0.4) is 0 Å². The Morgan fingerprint density at radius 1 is 1.20 bits per heavy atom. The van der Waals surface area contributed by atoms with E-state index in [4.69, 9.17) is 4.74 Å². The molecular formula is C17H27N5O3. The first-order valence-electron chi connectivity index (χ1n) is 8.43. The monoisotopic (exact) mass is 349 g/mol. The molecule has 2 heterocycles. The van der Waals surface area contributed by atoms with Gasteiger partial charge in [0.2, 0.25) is 0 Å². The van der Waals surface area contributed by atoms with Gasteiger partial charge in [0.25, 0.3) is 5.56 Å². The first kappa shape index (κ1) is 19.2. The fraction of sp³-hybridized carbons (Fsp3) is 0.706. The molecule has 1 aliphatic heterocycles. The van der Waals surface area contributed by atoms with Crippen molar-refractivity contribution in [2.75, 3.05) is 25.0 Å². The van der Waals surface area contributed by atoms with Crippen molar-refractivity contribution in [3.63, 3.8) is 0 Å². The molecule has 8 nitrogen and oxygen atoms in total. The van der Waals surface area contributed by atoms with Crippen LogP contribution in [0.1, 0.15) is 33.3 Å². The number of ether oxygens (including phenoxy) is 1. The molecule has 1 aromatic heterocycles. The molecular weight excluding hydrogens is 322 g/mol. The first-order chi connectivity index (χ1) is 11.6. The second-order valence-electron chi connectivity index (χ2n) is 7.37. The number of nitriles is 1. The summed E-state index contributed by atoms with van der Waals surface area (Å²) in [4.78, 5) is 26.6. The summed E-state index contributed by atoms with van der Waals surface area (Å²) in [5.74, 6) is 0.262. The Hall–Kier alpha value is -2.11. The molecule has 0 spiro atoms. The number of hydrogen-bond donors (Lipinski definition) is 1. The van der Waals surface area contributed by atoms with Crippen LogP contribution in [0.2, 0.25) is 0 Å². The summed E-state index contributed by atoms with van der Waals surface area (Å²) in [5, 5.41) is 12.5. The molecule has 1 N–H and O–H groups in total. The van der Waals surface area contributed by atoms with Crippen LogP contribution in [0.25, 0.3) is 0 Å². The Bertz CT molecular complexity index is 792. The number of morpholine rings is 1. The molecule has 2 rings (SSSR count). The van der Waals surface area contributed by atoms with Crippen LogP contribution < -0.4 is 16.6 Å². The average Bonchev–Trinajstić information content (AvgIpc) is 2.54. The van der Waals surface area contributed by atoms with E-state index < -0.39 is 11.2 Å². The Morgan fingerprint density at radius 2 is 1.76 bits per heavy atom. The van der Waals surface area contributed by atoms with E-state index in [1.54, 1.807) is 7.05 Å². The third-order valence-electron chi connectivity index (χ3n) is 4.74. The lowest BCUT2D eigenvalue weighted by molar-refractivity contribution is -0.0933. The van der Waals surface area contributed by atoms with E-state index in [0.717, 1.165) is 17.7 Å². The smallest absolute Gasteiger partial charge is 0.332 e. The molecule has 1 aliphatic rings. The van der Waals surface area contributed by atoms with Crippen LogP contribution in [0, 0.1) is 11.3 Å². The lowest BCUT2D eigenvalue weighted by Gasteiger charge is -2.45. The van der Waals surface area contributed by atoms with Crippen molar-refractivity contribution < 1.29 is 4.74 Å². The molecule has 0 unspecified atom stereocenters. The minimum Gasteiger partial charge on any atom is -0.373 e. The van der Waals surface area contributed by atoms with E-state index in [2.05, 4.69) is 24.1 Å². The van der Waals surface area contributed by atoms with E-state index >= 15 is 0 Å². The minimum atomic E-state index is -0.584. The summed E-state index contributed by atoms with van der Waals surface area (Å²) in [6.45, 7) is 10.4. The molecule has 0 amide bonds. The largest absolute Gasteiger partial charge is 0.373 e. The van der Waals surface area contributed by atoms with E-state index in [-0.39, 0.29) is 29.1 Å². The van der Waals surface area contributed by atoms with Crippen LogP contribution in [0.4, 0.5) is 5.82 Å². The van der Waals surface area contributed by atoms with Gasteiger partial charge in [-0.2, -0.15) is 5.26 Å². The van der Waals surface area contributed by atoms with Crippen molar-refractivity contribution in [3.8, 4) is 6.07 Å². The van der Waals surface area contributed by atoms with Crippen molar-refractivity contribution in [1.82, 2.24) is 14.0 Å². The van der Waals surface area contributed by atoms with Gasteiger partial charge in [-0.3, -0.25) is 18.8 Å². The van der Waals surface area contributed by atoms with E-state index in [9.17, 15) is 14.9 Å². The Labute approximate surface area is 147 Å². The van der Waals surface area contributed by atoms with Crippen molar-refractivity contribution >= 4 is 5.82 Å². The number of aromatic nitrogens is 2. The average molecular weight is 349 g/mol. The molecule has 1 saturated heterocycles. The fourth-order valence-corrected chi connectivity index (χ4v) is 3.24. The molecule has 138 valence electrons. The zero-order chi connectivity index (χ0) is 18.9. The van der Waals surface area contributed by atoms with Crippen LogP contribution in [0.15, 0.2) is 9.59 Å². The highest BCUT2D eigenvalue weighted by Crippen LogP contribution is 2.22. The number of nitrogens with zero attached hydrogens (tertiary/aromatic N) is 4. The summed E-state index contributed by atoms with van der Waals surface area (Å²) in [7, 11) is 2.92. The van der Waals surface area contributed by atoms with Gasteiger partial charge in [0.15, 0.2) is 5.56 Å². The van der Waals surface area contributed by atoms with E-state index in [1.165, 1.54) is 11.6 Å². The minimum absolute atomic E-state index is 0.0517. The van der Waals surface area contributed by atoms with Gasteiger partial charge in [-0.25, -0.2) is 4.79 Å². The topological polar surface area (TPSA) is 92.3 Å². The second-order valence-corrected chi connectivity index (χ2v) is 7.37. The highest BCUT2D eigenvalue weighted by atomic mass is 16.5. The zero-order valence-electron chi connectivity index (χ0n) is 15.8. The van der Waals surface area contributed by atoms with E-state index in [1.807, 2.05) is 19.9 Å². The standard InChI is InChI=1S/C17H27N5O3/c1-11-8-22(9-12(2)25-11)17(3,4)10-19-14-13(7-18)15(23)21(6)16(24)20(14)5/h11-12,19H,8-10H2,1-6H3/t11-,12-/m1/s1. The number of hydrogen-bond acceptors (Lipinski definition) is 6. The Balaban J connectivity index is 2.28. The van der Waals surface area contributed by atoms with Gasteiger partial charge in [0.05, 0.1) is 12.2 Å². The maximum Gasteiger partial charge on any atom is 0.332 e. The van der Waals surface area contributed by atoms with Crippen LogP contribution >= 0.6 is 0 Å². The lowest BCUT2D eigenvalue weighted by atomic mass is 10.00. The molecule has 1 fully saturated rings. The Kier molecular flexibility index (Phi) is 5.40. The normalized spacial score (nSPS) is 21.8. The van der Waals surface area contributed by atoms with Gasteiger partial charge >= 0.3 is 5.69 Å². The number of nitrogens with one attached hydrogen (secondary N) is 1. The molecule has 0 aromatic carbocycles. The summed E-state index contributed by atoms with van der Waals surface area (Å²) in [5.41, 5.74) is -1.34. The zero-order valence-corrected chi connectivity index (χ0v) is 15.8. The number of anilines is 1. The summed E-state index contributed by atoms with van der Waals surface area (Å²) >= 11 is 0. The highest BCUT2D eigenvalue weighted by molar-refractivity contribution is 5.51. The molecule has 2 atom stereocenters.